The molecule has 6 heteroatoms. The maximum absolute atomic E-state index is 12.0. The maximum Gasteiger partial charge on any atom is 0.211 e. The molecule has 1 unspecified atom stereocenters. The van der Waals surface area contributed by atoms with E-state index in [0.29, 0.717) is 12.3 Å². The Morgan fingerprint density at radius 3 is 1.61 bits per heavy atom. The summed E-state index contributed by atoms with van der Waals surface area (Å²) < 4.78 is 37.1. The number of hydrogen-bond acceptors (Lipinski definition) is 3. The Morgan fingerprint density at radius 2 is 1.39 bits per heavy atom. The fraction of sp³-hybridized carbons (Fsp3) is 1.00. The second kappa shape index (κ2) is 10.8. The van der Waals surface area contributed by atoms with Gasteiger partial charge in [0.15, 0.2) is 0 Å². The van der Waals surface area contributed by atoms with Gasteiger partial charge in [0, 0.05) is 34.9 Å². The molecule has 23 heavy (non-hydrogen) atoms. The van der Waals surface area contributed by atoms with Gasteiger partial charge in [-0.3, -0.25) is 4.21 Å². The average molecular weight is 374 g/mol. The molecule has 0 aliphatic rings. The number of rotatable bonds is 6. The van der Waals surface area contributed by atoms with Crippen molar-refractivity contribution >= 4 is 20.8 Å². The lowest BCUT2D eigenvalue weighted by Gasteiger charge is -2.37. The van der Waals surface area contributed by atoms with Crippen molar-refractivity contribution in [1.29, 1.82) is 0 Å². The van der Waals surface area contributed by atoms with Crippen LogP contribution in [0, 0.1) is 11.3 Å². The number of sulfonamides is 1. The van der Waals surface area contributed by atoms with Gasteiger partial charge in [0.05, 0.1) is 6.26 Å². The van der Waals surface area contributed by atoms with Crippen molar-refractivity contribution in [3.8, 4) is 0 Å². The normalized spacial score (nSPS) is 15.0. The van der Waals surface area contributed by atoms with Crippen LogP contribution in [0.25, 0.3) is 0 Å². The fourth-order valence-electron chi connectivity index (χ4n) is 2.52. The molecule has 0 heterocycles. The molecule has 0 saturated carbocycles. The van der Waals surface area contributed by atoms with Crippen LogP contribution in [0.5, 0.6) is 0 Å². The van der Waals surface area contributed by atoms with E-state index in [1.165, 1.54) is 10.6 Å². The van der Waals surface area contributed by atoms with Crippen LogP contribution in [0.2, 0.25) is 0 Å². The molecule has 0 rings (SSSR count). The molecule has 0 aromatic heterocycles. The van der Waals surface area contributed by atoms with E-state index in [2.05, 4.69) is 20.8 Å². The third-order valence-corrected chi connectivity index (χ3v) is 5.38. The predicted molar refractivity (Wildman–Crippen MR) is 108 cm³/mol. The van der Waals surface area contributed by atoms with E-state index < -0.39 is 26.4 Å². The monoisotopic (exact) mass is 373 g/mol. The molecular weight excluding hydrogens is 330 g/mol. The molecule has 0 aliphatic carbocycles. The molecule has 0 spiro atoms. The van der Waals surface area contributed by atoms with Crippen molar-refractivity contribution in [1.82, 2.24) is 4.31 Å². The zero-order valence-electron chi connectivity index (χ0n) is 14.2. The molecule has 2 atom stereocenters. The highest BCUT2D eigenvalue weighted by atomic mass is 32.2. The van der Waals surface area contributed by atoms with Gasteiger partial charge in [-0.05, 0) is 38.5 Å². The summed E-state index contributed by atoms with van der Waals surface area (Å²) in [5, 5.41) is 0. The summed E-state index contributed by atoms with van der Waals surface area (Å²) in [5.74, 6) is 0.647. The molecule has 0 fully saturated rings. The summed E-state index contributed by atoms with van der Waals surface area (Å²) in [6, 6.07) is 0. The van der Waals surface area contributed by atoms with E-state index >= 15 is 0 Å². The summed E-state index contributed by atoms with van der Waals surface area (Å²) in [5.41, 5.74) is -0.371. The molecule has 4 nitrogen and oxygen atoms in total. The first-order valence-corrected chi connectivity index (χ1v) is 10.5. The minimum absolute atomic E-state index is 0. The third-order valence-electron chi connectivity index (χ3n) is 2.94. The standard InChI is InChI=1S/C14H31NO3S2.3CH4/c1-13(2,3)9-12(11-19(7)16)10-15(14(4,5)6)20(8,17)18;;;/h12H,9-11H2,1-8H3;3*1H4/t12?,19-;;;/m1.../s1. The summed E-state index contributed by atoms with van der Waals surface area (Å²) in [6.45, 7) is 12.5. The quantitative estimate of drug-likeness (QED) is 0.694. The van der Waals surface area contributed by atoms with Crippen molar-refractivity contribution in [2.24, 2.45) is 11.3 Å². The molecule has 0 amide bonds. The van der Waals surface area contributed by atoms with Gasteiger partial charge in [0.25, 0.3) is 0 Å². The largest absolute Gasteiger partial charge is 0.260 e. The first-order valence-electron chi connectivity index (χ1n) is 6.91. The Labute approximate surface area is 149 Å². The van der Waals surface area contributed by atoms with Crippen LogP contribution in [-0.2, 0) is 20.8 Å². The molecule has 0 N–H and O–H groups in total. The van der Waals surface area contributed by atoms with E-state index in [1.807, 2.05) is 20.8 Å². The van der Waals surface area contributed by atoms with Crippen molar-refractivity contribution in [2.45, 2.75) is 75.8 Å². The van der Waals surface area contributed by atoms with E-state index in [4.69, 9.17) is 0 Å². The predicted octanol–water partition coefficient (Wildman–Crippen LogP) is 4.39. The minimum Gasteiger partial charge on any atom is -0.260 e. The molecule has 0 aromatic carbocycles. The molecular formula is C17H43NO3S2. The topological polar surface area (TPSA) is 54.5 Å². The Kier molecular flexibility index (Phi) is 14.5. The fourth-order valence-corrected chi connectivity index (χ4v) is 4.88. The van der Waals surface area contributed by atoms with Gasteiger partial charge in [0.2, 0.25) is 10.0 Å². The van der Waals surface area contributed by atoms with Crippen molar-refractivity contribution in [3.05, 3.63) is 0 Å². The van der Waals surface area contributed by atoms with Crippen LogP contribution < -0.4 is 0 Å². The average Bonchev–Trinajstić information content (AvgIpc) is 2.06. The second-order valence-electron chi connectivity index (χ2n) is 7.84. The van der Waals surface area contributed by atoms with E-state index in [9.17, 15) is 12.6 Å². The van der Waals surface area contributed by atoms with Gasteiger partial charge in [-0.2, -0.15) is 4.31 Å². The van der Waals surface area contributed by atoms with Crippen LogP contribution in [0.1, 0.15) is 70.2 Å². The first-order chi connectivity index (χ1) is 8.63. The van der Waals surface area contributed by atoms with Crippen LogP contribution in [-0.4, -0.2) is 47.3 Å². The van der Waals surface area contributed by atoms with Crippen molar-refractivity contribution in [3.63, 3.8) is 0 Å². The molecule has 0 saturated heterocycles. The Bertz CT molecular complexity index is 432. The Hall–Kier alpha value is 0.0600. The second-order valence-corrected chi connectivity index (χ2v) is 11.2. The van der Waals surface area contributed by atoms with Gasteiger partial charge >= 0.3 is 0 Å². The van der Waals surface area contributed by atoms with Crippen molar-refractivity contribution < 1.29 is 12.6 Å². The number of nitrogens with zero attached hydrogens (tertiary/aromatic N) is 1. The number of hydrogen-bond donors (Lipinski definition) is 0. The Morgan fingerprint density at radius 1 is 1.00 bits per heavy atom. The van der Waals surface area contributed by atoms with Crippen LogP contribution in [0.15, 0.2) is 0 Å². The summed E-state index contributed by atoms with van der Waals surface area (Å²) in [7, 11) is -4.20. The Balaban J connectivity index is -0.000000602. The third kappa shape index (κ3) is 14.1. The lowest BCUT2D eigenvalue weighted by atomic mass is 9.85. The van der Waals surface area contributed by atoms with Gasteiger partial charge in [0.1, 0.15) is 0 Å². The van der Waals surface area contributed by atoms with Gasteiger partial charge in [-0.25, -0.2) is 8.42 Å². The smallest absolute Gasteiger partial charge is 0.211 e. The highest BCUT2D eigenvalue weighted by molar-refractivity contribution is 7.88. The molecule has 0 aliphatic heterocycles. The highest BCUT2D eigenvalue weighted by Gasteiger charge is 2.33. The SMILES string of the molecule is C.C.C.C[S@@](=O)CC(CN(C(C)(C)C)S(C)(=O)=O)CC(C)(C)C. The lowest BCUT2D eigenvalue weighted by molar-refractivity contribution is 0.197. The van der Waals surface area contributed by atoms with Gasteiger partial charge in [-0.15, -0.1) is 0 Å². The molecule has 0 aromatic rings. The van der Waals surface area contributed by atoms with Gasteiger partial charge in [-0.1, -0.05) is 43.1 Å². The van der Waals surface area contributed by atoms with Crippen LogP contribution in [0.4, 0.5) is 0 Å². The maximum atomic E-state index is 12.0. The molecule has 0 radical (unpaired) electrons. The highest BCUT2D eigenvalue weighted by Crippen LogP contribution is 2.28. The summed E-state index contributed by atoms with van der Waals surface area (Å²) >= 11 is 0. The molecule has 0 bridgehead atoms. The van der Waals surface area contributed by atoms with Crippen molar-refractivity contribution in [2.75, 3.05) is 24.8 Å². The van der Waals surface area contributed by atoms with E-state index in [-0.39, 0.29) is 33.6 Å². The summed E-state index contributed by atoms with van der Waals surface area (Å²) in [6.07, 6.45) is 3.78. The lowest BCUT2D eigenvalue weighted by Crippen LogP contribution is -2.48. The van der Waals surface area contributed by atoms with E-state index in [1.54, 1.807) is 6.26 Å². The zero-order valence-corrected chi connectivity index (χ0v) is 15.8. The first kappa shape index (κ1) is 30.9. The zero-order chi connectivity index (χ0) is 16.4. The minimum atomic E-state index is -3.27. The van der Waals surface area contributed by atoms with Gasteiger partial charge < -0.3 is 0 Å². The molecule has 146 valence electrons. The summed E-state index contributed by atoms with van der Waals surface area (Å²) in [4.78, 5) is 0. The van der Waals surface area contributed by atoms with Crippen LogP contribution >= 0.6 is 0 Å². The van der Waals surface area contributed by atoms with E-state index in [0.717, 1.165) is 6.42 Å². The van der Waals surface area contributed by atoms with Crippen LogP contribution in [0.3, 0.4) is 0 Å².